The van der Waals surface area contributed by atoms with E-state index >= 15 is 0 Å². The summed E-state index contributed by atoms with van der Waals surface area (Å²) in [5, 5.41) is 4.16. The van der Waals surface area contributed by atoms with Gasteiger partial charge in [0, 0.05) is 5.69 Å². The van der Waals surface area contributed by atoms with Gasteiger partial charge in [-0.05, 0) is 47.5 Å². The molecule has 0 saturated heterocycles. The van der Waals surface area contributed by atoms with E-state index in [1.807, 2.05) is 24.3 Å². The van der Waals surface area contributed by atoms with Crippen molar-refractivity contribution in [2.24, 2.45) is 0 Å². The van der Waals surface area contributed by atoms with E-state index in [9.17, 15) is 17.6 Å². The van der Waals surface area contributed by atoms with Crippen molar-refractivity contribution in [1.82, 2.24) is 0 Å². The van der Waals surface area contributed by atoms with Crippen LogP contribution >= 0.6 is 0 Å². The average molecular weight is 357 g/mol. The molecule has 0 bridgehead atoms. The number of anilines is 1. The van der Waals surface area contributed by atoms with Gasteiger partial charge in [-0.15, -0.1) is 0 Å². The molecule has 0 atom stereocenters. The first-order valence-electron chi connectivity index (χ1n) is 7.63. The Bertz CT molecular complexity index is 1060. The fourth-order valence-corrected chi connectivity index (χ4v) is 3.70. The predicted molar refractivity (Wildman–Crippen MR) is 95.8 cm³/mol. The van der Waals surface area contributed by atoms with Crippen LogP contribution in [0.15, 0.2) is 65.6 Å². The molecule has 3 rings (SSSR count). The second kappa shape index (κ2) is 6.64. The van der Waals surface area contributed by atoms with Crippen molar-refractivity contribution in [3.8, 4) is 0 Å². The van der Waals surface area contributed by atoms with Crippen LogP contribution < -0.4 is 5.32 Å². The lowest BCUT2D eigenvalue weighted by Gasteiger charge is -2.09. The van der Waals surface area contributed by atoms with Gasteiger partial charge in [-0.3, -0.25) is 4.79 Å². The van der Waals surface area contributed by atoms with Gasteiger partial charge in [0.1, 0.15) is 11.6 Å². The predicted octanol–water partition coefficient (Wildman–Crippen LogP) is 3.70. The summed E-state index contributed by atoms with van der Waals surface area (Å²) in [6, 6.07) is 16.1. The molecule has 0 aromatic heterocycles. The SMILES string of the molecule is Cc1ccc(F)cc1NC(=O)CS(=O)(=O)c1ccc2ccccc2c1. The Labute approximate surface area is 145 Å². The molecular weight excluding hydrogens is 341 g/mol. The third-order valence-electron chi connectivity index (χ3n) is 3.87. The smallest absolute Gasteiger partial charge is 0.239 e. The minimum Gasteiger partial charge on any atom is -0.325 e. The lowest BCUT2D eigenvalue weighted by molar-refractivity contribution is -0.113. The highest BCUT2D eigenvalue weighted by molar-refractivity contribution is 7.92. The van der Waals surface area contributed by atoms with Crippen LogP contribution in [0.4, 0.5) is 10.1 Å². The number of rotatable bonds is 4. The van der Waals surface area contributed by atoms with Gasteiger partial charge in [0.2, 0.25) is 5.91 Å². The highest BCUT2D eigenvalue weighted by Gasteiger charge is 2.20. The molecule has 4 nitrogen and oxygen atoms in total. The molecular formula is C19H16FNO3S. The van der Waals surface area contributed by atoms with Gasteiger partial charge in [0.15, 0.2) is 9.84 Å². The molecule has 6 heteroatoms. The Morgan fingerprint density at radius 3 is 2.48 bits per heavy atom. The number of amides is 1. The largest absolute Gasteiger partial charge is 0.325 e. The summed E-state index contributed by atoms with van der Waals surface area (Å²) in [5.74, 6) is -1.92. The van der Waals surface area contributed by atoms with Crippen LogP contribution in [0.1, 0.15) is 5.56 Å². The van der Waals surface area contributed by atoms with Crippen LogP contribution in [-0.4, -0.2) is 20.1 Å². The topological polar surface area (TPSA) is 63.2 Å². The quantitative estimate of drug-likeness (QED) is 0.774. The standard InChI is InChI=1S/C19H16FNO3S/c1-13-6-8-16(20)11-18(13)21-19(22)12-25(23,24)17-9-7-14-4-2-3-5-15(14)10-17/h2-11H,12H2,1H3,(H,21,22). The number of aryl methyl sites for hydroxylation is 1. The van der Waals surface area contributed by atoms with E-state index in [0.29, 0.717) is 5.56 Å². The second-order valence-corrected chi connectivity index (χ2v) is 7.77. The number of nitrogens with one attached hydrogen (secondary N) is 1. The summed E-state index contributed by atoms with van der Waals surface area (Å²) in [7, 11) is -3.80. The minimum atomic E-state index is -3.80. The molecule has 0 aliphatic rings. The zero-order chi connectivity index (χ0) is 18.0. The van der Waals surface area contributed by atoms with Crippen LogP contribution in [0, 0.1) is 12.7 Å². The first-order valence-corrected chi connectivity index (χ1v) is 9.28. The zero-order valence-corrected chi connectivity index (χ0v) is 14.3. The summed E-state index contributed by atoms with van der Waals surface area (Å²) in [6.45, 7) is 1.70. The van der Waals surface area contributed by atoms with E-state index < -0.39 is 27.3 Å². The molecule has 0 saturated carbocycles. The van der Waals surface area contributed by atoms with Gasteiger partial charge in [-0.2, -0.15) is 0 Å². The van der Waals surface area contributed by atoms with Crippen molar-refractivity contribution in [3.63, 3.8) is 0 Å². The molecule has 128 valence electrons. The summed E-state index contributed by atoms with van der Waals surface area (Å²) < 4.78 is 38.3. The van der Waals surface area contributed by atoms with Gasteiger partial charge in [-0.25, -0.2) is 12.8 Å². The molecule has 25 heavy (non-hydrogen) atoms. The number of hydrogen-bond donors (Lipinski definition) is 1. The average Bonchev–Trinajstić information content (AvgIpc) is 2.57. The first kappa shape index (κ1) is 17.1. The van der Waals surface area contributed by atoms with E-state index in [-0.39, 0.29) is 10.6 Å². The molecule has 0 spiro atoms. The van der Waals surface area contributed by atoms with Gasteiger partial charge in [-0.1, -0.05) is 36.4 Å². The van der Waals surface area contributed by atoms with Crippen molar-refractivity contribution in [3.05, 3.63) is 72.0 Å². The number of benzene rings is 3. The molecule has 0 heterocycles. The number of halogens is 1. The second-order valence-electron chi connectivity index (χ2n) is 5.78. The monoisotopic (exact) mass is 357 g/mol. The summed E-state index contributed by atoms with van der Waals surface area (Å²) in [4.78, 5) is 12.2. The van der Waals surface area contributed by atoms with Gasteiger partial charge in [0.25, 0.3) is 0 Å². The summed E-state index contributed by atoms with van der Waals surface area (Å²) >= 11 is 0. The van der Waals surface area contributed by atoms with Crippen LogP contribution in [0.25, 0.3) is 10.8 Å². The van der Waals surface area contributed by atoms with E-state index in [1.165, 1.54) is 18.2 Å². The maximum atomic E-state index is 13.3. The number of hydrogen-bond acceptors (Lipinski definition) is 3. The fraction of sp³-hybridized carbons (Fsp3) is 0.105. The van der Waals surface area contributed by atoms with Crippen LogP contribution in [0.2, 0.25) is 0 Å². The van der Waals surface area contributed by atoms with Crippen molar-refractivity contribution in [2.75, 3.05) is 11.1 Å². The first-order chi connectivity index (χ1) is 11.8. The minimum absolute atomic E-state index is 0.0808. The molecule has 3 aromatic carbocycles. The number of carbonyl (C=O) groups excluding carboxylic acids is 1. The molecule has 0 unspecified atom stereocenters. The number of fused-ring (bicyclic) bond motifs is 1. The Kier molecular flexibility index (Phi) is 4.55. The van der Waals surface area contributed by atoms with Crippen molar-refractivity contribution in [1.29, 1.82) is 0 Å². The van der Waals surface area contributed by atoms with E-state index in [2.05, 4.69) is 5.32 Å². The van der Waals surface area contributed by atoms with E-state index in [4.69, 9.17) is 0 Å². The fourth-order valence-electron chi connectivity index (χ4n) is 2.53. The zero-order valence-electron chi connectivity index (χ0n) is 13.5. The third kappa shape index (κ3) is 3.85. The van der Waals surface area contributed by atoms with Crippen molar-refractivity contribution < 1.29 is 17.6 Å². The molecule has 1 N–H and O–H groups in total. The number of sulfone groups is 1. The Morgan fingerprint density at radius 1 is 1.00 bits per heavy atom. The van der Waals surface area contributed by atoms with Crippen molar-refractivity contribution >= 4 is 32.2 Å². The molecule has 0 fully saturated rings. The highest BCUT2D eigenvalue weighted by Crippen LogP contribution is 2.21. The van der Waals surface area contributed by atoms with Gasteiger partial charge < -0.3 is 5.32 Å². The lowest BCUT2D eigenvalue weighted by Crippen LogP contribution is -2.23. The molecule has 3 aromatic rings. The molecule has 0 radical (unpaired) electrons. The lowest BCUT2D eigenvalue weighted by atomic mass is 10.1. The molecule has 1 amide bonds. The normalized spacial score (nSPS) is 11.4. The number of carbonyl (C=O) groups is 1. The van der Waals surface area contributed by atoms with Crippen LogP contribution in [0.5, 0.6) is 0 Å². The third-order valence-corrected chi connectivity index (χ3v) is 5.49. The van der Waals surface area contributed by atoms with E-state index in [0.717, 1.165) is 16.8 Å². The Morgan fingerprint density at radius 2 is 1.72 bits per heavy atom. The Balaban J connectivity index is 1.82. The van der Waals surface area contributed by atoms with Crippen molar-refractivity contribution in [2.45, 2.75) is 11.8 Å². The highest BCUT2D eigenvalue weighted by atomic mass is 32.2. The molecule has 0 aliphatic carbocycles. The van der Waals surface area contributed by atoms with Gasteiger partial charge >= 0.3 is 0 Å². The van der Waals surface area contributed by atoms with Crippen LogP contribution in [0.3, 0.4) is 0 Å². The maximum absolute atomic E-state index is 13.3. The Hall–Kier alpha value is -2.73. The summed E-state index contributed by atoms with van der Waals surface area (Å²) in [6.07, 6.45) is 0. The molecule has 0 aliphatic heterocycles. The van der Waals surface area contributed by atoms with E-state index in [1.54, 1.807) is 19.1 Å². The van der Waals surface area contributed by atoms with Gasteiger partial charge in [0.05, 0.1) is 4.90 Å². The van der Waals surface area contributed by atoms with Crippen LogP contribution in [-0.2, 0) is 14.6 Å². The maximum Gasteiger partial charge on any atom is 0.239 e. The summed E-state index contributed by atoms with van der Waals surface area (Å²) in [5.41, 5.74) is 0.913.